The van der Waals surface area contributed by atoms with Gasteiger partial charge in [-0.2, -0.15) is 0 Å². The second-order valence-electron chi connectivity index (χ2n) is 4.73. The molecule has 0 radical (unpaired) electrons. The number of likely N-dealkylation sites (tertiary alicyclic amines) is 1. The zero-order valence-corrected chi connectivity index (χ0v) is 12.9. The van der Waals surface area contributed by atoms with Crippen LogP contribution in [0.15, 0.2) is 5.51 Å². The first kappa shape index (κ1) is 14.7. The maximum atomic E-state index is 11.8. The zero-order chi connectivity index (χ0) is 14.0. The third-order valence-corrected chi connectivity index (χ3v) is 5.43. The van der Waals surface area contributed by atoms with Crippen molar-refractivity contribution in [3.63, 3.8) is 0 Å². The summed E-state index contributed by atoms with van der Waals surface area (Å²) in [5.74, 6) is -0.304. The molecule has 1 aromatic rings. The molecule has 106 valence electrons. The highest BCUT2D eigenvalue weighted by Crippen LogP contribution is 2.22. The number of carbonyl (C=O) groups is 1. The summed E-state index contributed by atoms with van der Waals surface area (Å²) >= 11 is 1.58. The molecule has 1 unspecified atom stereocenters. The van der Waals surface area contributed by atoms with Gasteiger partial charge in [-0.1, -0.05) is 0 Å². The van der Waals surface area contributed by atoms with Crippen LogP contribution >= 0.6 is 22.0 Å². The average Bonchev–Trinajstić information content (AvgIpc) is 2.80. The first-order chi connectivity index (χ1) is 8.85. The Labute approximate surface area is 121 Å². The molecule has 1 aromatic heterocycles. The number of hydrogen-bond acceptors (Lipinski definition) is 5. The van der Waals surface area contributed by atoms with Crippen molar-refractivity contribution in [2.45, 2.75) is 19.8 Å². The van der Waals surface area contributed by atoms with Gasteiger partial charge in [0.1, 0.15) is 0 Å². The number of halogens is 1. The van der Waals surface area contributed by atoms with E-state index in [2.05, 4.69) is 4.98 Å². The van der Waals surface area contributed by atoms with Crippen LogP contribution in [-0.2, 0) is 20.3 Å². The summed E-state index contributed by atoms with van der Waals surface area (Å²) in [4.78, 5) is 18.8. The molecular formula is C11H15ClN2O3S2. The highest BCUT2D eigenvalue weighted by Gasteiger charge is 2.32. The lowest BCUT2D eigenvalue weighted by Crippen LogP contribution is -2.28. The zero-order valence-electron chi connectivity index (χ0n) is 10.5. The third kappa shape index (κ3) is 4.15. The second kappa shape index (κ2) is 5.76. The van der Waals surface area contributed by atoms with Gasteiger partial charge in [0.05, 0.1) is 17.0 Å². The molecule has 19 heavy (non-hydrogen) atoms. The van der Waals surface area contributed by atoms with E-state index >= 15 is 0 Å². The molecule has 5 nitrogen and oxygen atoms in total. The van der Waals surface area contributed by atoms with Gasteiger partial charge in [0.15, 0.2) is 0 Å². The standard InChI is InChI=1S/C11H15ClN2O3S2/c1-8-10(18-7-13-8)2-3-14-5-9(4-11(14)15)6-19(12,16)17/h7,9H,2-6H2,1H3. The lowest BCUT2D eigenvalue weighted by Gasteiger charge is -2.15. The molecule has 1 fully saturated rings. The van der Waals surface area contributed by atoms with Crippen molar-refractivity contribution in [1.29, 1.82) is 0 Å². The molecule has 0 aromatic carbocycles. The highest BCUT2D eigenvalue weighted by molar-refractivity contribution is 8.13. The summed E-state index contributed by atoms with van der Waals surface area (Å²) in [5.41, 5.74) is 2.79. The van der Waals surface area contributed by atoms with Gasteiger partial charge in [-0.15, -0.1) is 11.3 Å². The smallest absolute Gasteiger partial charge is 0.232 e. The van der Waals surface area contributed by atoms with E-state index < -0.39 is 9.05 Å². The van der Waals surface area contributed by atoms with Gasteiger partial charge in [0.25, 0.3) is 0 Å². The molecule has 8 heteroatoms. The minimum atomic E-state index is -3.53. The molecule has 1 amide bonds. The van der Waals surface area contributed by atoms with Crippen molar-refractivity contribution in [3.8, 4) is 0 Å². The summed E-state index contributed by atoms with van der Waals surface area (Å²) in [5, 5.41) is 0. The van der Waals surface area contributed by atoms with Crippen LogP contribution in [0.5, 0.6) is 0 Å². The molecule has 2 rings (SSSR count). The fraction of sp³-hybridized carbons (Fsp3) is 0.636. The van der Waals surface area contributed by atoms with E-state index in [0.717, 1.165) is 12.1 Å². The number of carbonyl (C=O) groups excluding carboxylic acids is 1. The van der Waals surface area contributed by atoms with Gasteiger partial charge >= 0.3 is 0 Å². The van der Waals surface area contributed by atoms with E-state index in [0.29, 0.717) is 13.1 Å². The Hall–Kier alpha value is -0.660. The topological polar surface area (TPSA) is 67.3 Å². The monoisotopic (exact) mass is 322 g/mol. The van der Waals surface area contributed by atoms with Crippen LogP contribution in [0.25, 0.3) is 0 Å². The number of amides is 1. The van der Waals surface area contributed by atoms with Crippen LogP contribution in [0.1, 0.15) is 17.0 Å². The predicted octanol–water partition coefficient (Wildman–Crippen LogP) is 1.41. The Balaban J connectivity index is 1.89. The fourth-order valence-corrected chi connectivity index (χ4v) is 4.36. The van der Waals surface area contributed by atoms with E-state index in [1.165, 1.54) is 4.88 Å². The first-order valence-corrected chi connectivity index (χ1v) is 9.30. The summed E-state index contributed by atoms with van der Waals surface area (Å²) < 4.78 is 22.0. The van der Waals surface area contributed by atoms with Gasteiger partial charge in [0.2, 0.25) is 15.0 Å². The maximum Gasteiger partial charge on any atom is 0.232 e. The molecule has 1 saturated heterocycles. The van der Waals surface area contributed by atoms with E-state index in [1.807, 2.05) is 6.92 Å². The van der Waals surface area contributed by atoms with Crippen molar-refractivity contribution in [2.24, 2.45) is 5.92 Å². The number of aromatic nitrogens is 1. The molecular weight excluding hydrogens is 308 g/mol. The lowest BCUT2D eigenvalue weighted by molar-refractivity contribution is -0.127. The number of hydrogen-bond donors (Lipinski definition) is 0. The van der Waals surface area contributed by atoms with E-state index in [1.54, 1.807) is 21.7 Å². The molecule has 1 atom stereocenters. The summed E-state index contributed by atoms with van der Waals surface area (Å²) in [7, 11) is 1.69. The van der Waals surface area contributed by atoms with E-state index in [9.17, 15) is 13.2 Å². The molecule has 0 spiro atoms. The van der Waals surface area contributed by atoms with Crippen LogP contribution in [-0.4, -0.2) is 43.1 Å². The fourth-order valence-electron chi connectivity index (χ4n) is 2.27. The Morgan fingerprint density at radius 1 is 1.58 bits per heavy atom. The predicted molar refractivity (Wildman–Crippen MR) is 74.9 cm³/mol. The van der Waals surface area contributed by atoms with Gasteiger partial charge in [-0.05, 0) is 6.92 Å². The Kier molecular flexibility index (Phi) is 4.47. The molecule has 0 N–H and O–H groups in total. The second-order valence-corrected chi connectivity index (χ2v) is 8.49. The lowest BCUT2D eigenvalue weighted by atomic mass is 10.1. The Morgan fingerprint density at radius 3 is 2.89 bits per heavy atom. The number of thiazole rings is 1. The first-order valence-electron chi connectivity index (χ1n) is 5.94. The largest absolute Gasteiger partial charge is 0.342 e. The maximum absolute atomic E-state index is 11.8. The highest BCUT2D eigenvalue weighted by atomic mass is 35.7. The third-order valence-electron chi connectivity index (χ3n) is 3.18. The summed E-state index contributed by atoms with van der Waals surface area (Å²) in [6, 6.07) is 0. The number of nitrogens with zero attached hydrogens (tertiary/aromatic N) is 2. The molecule has 0 aliphatic carbocycles. The van der Waals surface area contributed by atoms with Crippen LogP contribution < -0.4 is 0 Å². The van der Waals surface area contributed by atoms with Gasteiger partial charge in [-0.25, -0.2) is 13.4 Å². The van der Waals surface area contributed by atoms with Crippen LogP contribution in [0.4, 0.5) is 0 Å². The van der Waals surface area contributed by atoms with Crippen molar-refractivity contribution in [3.05, 3.63) is 16.1 Å². The van der Waals surface area contributed by atoms with Crippen molar-refractivity contribution < 1.29 is 13.2 Å². The number of rotatable bonds is 5. The molecule has 0 bridgehead atoms. The van der Waals surface area contributed by atoms with E-state index in [4.69, 9.17) is 10.7 Å². The van der Waals surface area contributed by atoms with Crippen molar-refractivity contribution in [2.75, 3.05) is 18.8 Å². The van der Waals surface area contributed by atoms with Gasteiger partial charge in [0, 0.05) is 47.4 Å². The average molecular weight is 323 g/mol. The number of aryl methyl sites for hydroxylation is 1. The quantitative estimate of drug-likeness (QED) is 0.769. The molecule has 2 heterocycles. The molecule has 1 aliphatic heterocycles. The van der Waals surface area contributed by atoms with Crippen molar-refractivity contribution in [1.82, 2.24) is 9.88 Å². The Bertz CT molecular complexity index is 570. The van der Waals surface area contributed by atoms with E-state index in [-0.39, 0.29) is 24.0 Å². The normalized spacial score (nSPS) is 20.2. The van der Waals surface area contributed by atoms with Crippen LogP contribution in [0, 0.1) is 12.8 Å². The summed E-state index contributed by atoms with van der Waals surface area (Å²) in [6.45, 7) is 3.03. The SMILES string of the molecule is Cc1ncsc1CCN1CC(CS(=O)(=O)Cl)CC1=O. The van der Waals surface area contributed by atoms with Crippen LogP contribution in [0.2, 0.25) is 0 Å². The minimum absolute atomic E-state index is 0.00693. The summed E-state index contributed by atoms with van der Waals surface area (Å²) in [6.07, 6.45) is 1.04. The van der Waals surface area contributed by atoms with Gasteiger partial charge < -0.3 is 4.90 Å². The minimum Gasteiger partial charge on any atom is -0.342 e. The Morgan fingerprint density at radius 2 is 2.32 bits per heavy atom. The van der Waals surface area contributed by atoms with Crippen LogP contribution in [0.3, 0.4) is 0 Å². The van der Waals surface area contributed by atoms with Gasteiger partial charge in [-0.3, -0.25) is 4.79 Å². The molecule has 1 aliphatic rings. The van der Waals surface area contributed by atoms with Crippen molar-refractivity contribution >= 4 is 37.0 Å². The molecule has 0 saturated carbocycles.